The number of hydrogen-bond donors (Lipinski definition) is 0. The van der Waals surface area contributed by atoms with E-state index in [1.54, 1.807) is 0 Å². The fourth-order valence-corrected chi connectivity index (χ4v) is 4.55. The maximum atomic E-state index is 5.92. The number of unbranched alkanes of at least 4 members (excludes halogenated alkanes) is 9. The lowest BCUT2D eigenvalue weighted by atomic mass is 10.0. The maximum Gasteiger partial charge on any atom is 0.159 e. The highest BCUT2D eigenvalue weighted by molar-refractivity contribution is 5.64. The Hall–Kier alpha value is -2.72. The molecule has 206 valence electrons. The molecule has 3 aromatic rings. The number of benzene rings is 2. The zero-order valence-corrected chi connectivity index (χ0v) is 24.0. The molecule has 1 atom stereocenters. The molecule has 3 rings (SSSR count). The van der Waals surface area contributed by atoms with Crippen molar-refractivity contribution >= 4 is 0 Å². The van der Waals surface area contributed by atoms with Crippen LogP contribution in [0.3, 0.4) is 0 Å². The van der Waals surface area contributed by atoms with Crippen molar-refractivity contribution in [2.75, 3.05) is 13.2 Å². The second kappa shape index (κ2) is 17.7. The third-order valence-corrected chi connectivity index (χ3v) is 7.01. The minimum atomic E-state index is 0.0895. The van der Waals surface area contributed by atoms with Crippen LogP contribution in [0.1, 0.15) is 97.0 Å². The molecular weight excluding hydrogens is 468 g/mol. The minimum Gasteiger partial charge on any atom is -0.491 e. The van der Waals surface area contributed by atoms with Crippen LogP contribution in [0.15, 0.2) is 60.9 Å². The van der Waals surface area contributed by atoms with E-state index < -0.39 is 0 Å². The number of rotatable bonds is 19. The first kappa shape index (κ1) is 29.8. The monoisotopic (exact) mass is 516 g/mol. The predicted octanol–water partition coefficient (Wildman–Crippen LogP) is 9.47. The molecule has 0 amide bonds. The van der Waals surface area contributed by atoms with Crippen LogP contribution in [0.4, 0.5) is 0 Å². The Labute approximate surface area is 231 Å². The molecule has 1 heterocycles. The normalized spacial score (nSPS) is 12.0. The SMILES string of the molecule is CCCCCCCCCc1ccc(-c2ncc(-c3ccc(OCC(C)OCCCCCC)cc3)cn2)cc1. The molecule has 0 radical (unpaired) electrons. The summed E-state index contributed by atoms with van der Waals surface area (Å²) >= 11 is 0. The second-order valence-corrected chi connectivity index (χ2v) is 10.4. The largest absolute Gasteiger partial charge is 0.491 e. The lowest BCUT2D eigenvalue weighted by Gasteiger charge is -2.14. The topological polar surface area (TPSA) is 44.2 Å². The van der Waals surface area contributed by atoms with Crippen molar-refractivity contribution in [3.05, 3.63) is 66.5 Å². The third-order valence-electron chi connectivity index (χ3n) is 7.01. The smallest absolute Gasteiger partial charge is 0.159 e. The third kappa shape index (κ3) is 10.9. The van der Waals surface area contributed by atoms with E-state index in [1.807, 2.05) is 24.5 Å². The number of nitrogens with zero attached hydrogens (tertiary/aromatic N) is 2. The summed E-state index contributed by atoms with van der Waals surface area (Å²) in [4.78, 5) is 9.27. The van der Waals surface area contributed by atoms with E-state index in [1.165, 1.54) is 69.8 Å². The van der Waals surface area contributed by atoms with E-state index in [0.29, 0.717) is 6.61 Å². The number of ether oxygens (including phenoxy) is 2. The van der Waals surface area contributed by atoms with Crippen LogP contribution in [-0.2, 0) is 11.2 Å². The number of aromatic nitrogens is 2. The van der Waals surface area contributed by atoms with Crippen molar-refractivity contribution in [2.45, 2.75) is 104 Å². The van der Waals surface area contributed by atoms with Crippen molar-refractivity contribution in [2.24, 2.45) is 0 Å². The Morgan fingerprint density at radius 3 is 1.87 bits per heavy atom. The molecule has 0 saturated carbocycles. The van der Waals surface area contributed by atoms with Crippen molar-refractivity contribution in [3.8, 4) is 28.3 Å². The summed E-state index contributed by atoms with van der Waals surface area (Å²) in [6, 6.07) is 16.9. The summed E-state index contributed by atoms with van der Waals surface area (Å²) in [5, 5.41) is 0. The highest BCUT2D eigenvalue weighted by Gasteiger charge is 2.06. The zero-order chi connectivity index (χ0) is 26.8. The van der Waals surface area contributed by atoms with Gasteiger partial charge in [-0.15, -0.1) is 0 Å². The molecule has 2 aromatic carbocycles. The van der Waals surface area contributed by atoms with E-state index in [9.17, 15) is 0 Å². The van der Waals surface area contributed by atoms with Gasteiger partial charge in [0.2, 0.25) is 0 Å². The highest BCUT2D eigenvalue weighted by Crippen LogP contribution is 2.24. The zero-order valence-electron chi connectivity index (χ0n) is 24.0. The number of aryl methyl sites for hydroxylation is 1. The van der Waals surface area contributed by atoms with E-state index >= 15 is 0 Å². The molecule has 4 nitrogen and oxygen atoms in total. The van der Waals surface area contributed by atoms with Gasteiger partial charge in [0, 0.05) is 30.1 Å². The van der Waals surface area contributed by atoms with Crippen LogP contribution < -0.4 is 4.74 Å². The van der Waals surface area contributed by atoms with E-state index in [0.717, 1.165) is 47.7 Å². The quantitative estimate of drug-likeness (QED) is 0.149. The van der Waals surface area contributed by atoms with Crippen molar-refractivity contribution < 1.29 is 9.47 Å². The van der Waals surface area contributed by atoms with Crippen LogP contribution in [-0.4, -0.2) is 29.3 Å². The Bertz CT molecular complexity index is 1000. The summed E-state index contributed by atoms with van der Waals surface area (Å²) < 4.78 is 11.8. The molecule has 38 heavy (non-hydrogen) atoms. The van der Waals surface area contributed by atoms with Gasteiger partial charge in [0.05, 0.1) is 6.10 Å². The van der Waals surface area contributed by atoms with Gasteiger partial charge in [-0.25, -0.2) is 9.97 Å². The summed E-state index contributed by atoms with van der Waals surface area (Å²) in [6.07, 6.45) is 19.4. The Morgan fingerprint density at radius 2 is 1.21 bits per heavy atom. The maximum absolute atomic E-state index is 5.92. The van der Waals surface area contributed by atoms with Gasteiger partial charge in [-0.1, -0.05) is 108 Å². The van der Waals surface area contributed by atoms with Crippen molar-refractivity contribution in [3.63, 3.8) is 0 Å². The standard InChI is InChI=1S/C34H48N2O2/c1-4-6-8-10-11-12-13-15-29-16-18-31(19-17-29)34-35-25-32(26-36-34)30-20-22-33(23-21-30)38-27-28(3)37-24-14-9-7-5-2/h16-23,25-26,28H,4-15,24,27H2,1-3H3. The second-order valence-electron chi connectivity index (χ2n) is 10.4. The molecule has 0 saturated heterocycles. The van der Waals surface area contributed by atoms with Crippen molar-refractivity contribution in [1.29, 1.82) is 0 Å². The molecule has 0 aliphatic rings. The molecule has 1 unspecified atom stereocenters. The Kier molecular flexibility index (Phi) is 13.9. The van der Waals surface area contributed by atoms with Crippen LogP contribution in [0.25, 0.3) is 22.5 Å². The fraction of sp³-hybridized carbons (Fsp3) is 0.529. The van der Waals surface area contributed by atoms with Crippen LogP contribution >= 0.6 is 0 Å². The Morgan fingerprint density at radius 1 is 0.632 bits per heavy atom. The number of hydrogen-bond acceptors (Lipinski definition) is 4. The minimum absolute atomic E-state index is 0.0895. The predicted molar refractivity (Wildman–Crippen MR) is 160 cm³/mol. The lowest BCUT2D eigenvalue weighted by molar-refractivity contribution is 0.0303. The summed E-state index contributed by atoms with van der Waals surface area (Å²) in [6.45, 7) is 7.93. The van der Waals surface area contributed by atoms with E-state index in [4.69, 9.17) is 9.47 Å². The molecular formula is C34H48N2O2. The van der Waals surface area contributed by atoms with Crippen LogP contribution in [0.2, 0.25) is 0 Å². The fourth-order valence-electron chi connectivity index (χ4n) is 4.55. The van der Waals surface area contributed by atoms with Gasteiger partial charge in [-0.2, -0.15) is 0 Å². The first-order chi connectivity index (χ1) is 18.7. The molecule has 0 fully saturated rings. The van der Waals surface area contributed by atoms with Gasteiger partial charge < -0.3 is 9.47 Å². The van der Waals surface area contributed by atoms with Gasteiger partial charge >= 0.3 is 0 Å². The first-order valence-electron chi connectivity index (χ1n) is 15.0. The summed E-state index contributed by atoms with van der Waals surface area (Å²) in [5.74, 6) is 1.61. The molecule has 0 bridgehead atoms. The first-order valence-corrected chi connectivity index (χ1v) is 15.0. The van der Waals surface area contributed by atoms with E-state index in [2.05, 4.69) is 67.1 Å². The van der Waals surface area contributed by atoms with Gasteiger partial charge in [0.15, 0.2) is 5.82 Å². The van der Waals surface area contributed by atoms with Gasteiger partial charge in [0.25, 0.3) is 0 Å². The van der Waals surface area contributed by atoms with E-state index in [-0.39, 0.29) is 6.10 Å². The summed E-state index contributed by atoms with van der Waals surface area (Å²) in [7, 11) is 0. The molecule has 0 spiro atoms. The van der Waals surface area contributed by atoms with Crippen LogP contribution in [0.5, 0.6) is 5.75 Å². The average molecular weight is 517 g/mol. The highest BCUT2D eigenvalue weighted by atomic mass is 16.5. The average Bonchev–Trinajstić information content (AvgIpc) is 2.96. The Balaban J connectivity index is 1.41. The van der Waals surface area contributed by atoms with Gasteiger partial charge in [-0.05, 0) is 49.4 Å². The van der Waals surface area contributed by atoms with Crippen LogP contribution in [0, 0.1) is 0 Å². The lowest BCUT2D eigenvalue weighted by Crippen LogP contribution is -2.18. The van der Waals surface area contributed by atoms with Gasteiger partial charge in [-0.3, -0.25) is 0 Å². The molecule has 0 aliphatic heterocycles. The van der Waals surface area contributed by atoms with Crippen molar-refractivity contribution in [1.82, 2.24) is 9.97 Å². The molecule has 1 aromatic heterocycles. The van der Waals surface area contributed by atoms with Gasteiger partial charge in [0.1, 0.15) is 12.4 Å². The summed E-state index contributed by atoms with van der Waals surface area (Å²) in [5.41, 5.74) is 4.54. The molecule has 0 aliphatic carbocycles. The molecule has 4 heteroatoms. The molecule has 0 N–H and O–H groups in total.